The Labute approximate surface area is 133 Å². The van der Waals surface area contributed by atoms with Crippen LogP contribution in [0.3, 0.4) is 0 Å². The maximum absolute atomic E-state index is 13.5. The third-order valence-corrected chi connectivity index (χ3v) is 6.43. The molecule has 118 valence electrons. The lowest BCUT2D eigenvalue weighted by atomic mass is 10.00. The van der Waals surface area contributed by atoms with E-state index >= 15 is 0 Å². The van der Waals surface area contributed by atoms with E-state index in [1.165, 1.54) is 16.4 Å². The van der Waals surface area contributed by atoms with Crippen molar-refractivity contribution in [2.45, 2.75) is 24.7 Å². The van der Waals surface area contributed by atoms with E-state index in [0.29, 0.717) is 24.6 Å². The SMILES string of the molecule is CNCC1CCCN(S(=O)(=O)c2cc(Br)c(F)cc2C)C1. The number of rotatable bonds is 4. The highest BCUT2D eigenvalue weighted by Gasteiger charge is 2.31. The van der Waals surface area contributed by atoms with Crippen LogP contribution < -0.4 is 5.32 Å². The Morgan fingerprint density at radius 3 is 2.86 bits per heavy atom. The molecule has 1 N–H and O–H groups in total. The fourth-order valence-corrected chi connectivity index (χ4v) is 5.03. The minimum atomic E-state index is -3.57. The zero-order valence-corrected chi connectivity index (χ0v) is 14.6. The van der Waals surface area contributed by atoms with Gasteiger partial charge in [-0.05, 0) is 72.9 Å². The average Bonchev–Trinajstić information content (AvgIpc) is 2.43. The van der Waals surface area contributed by atoms with Crippen molar-refractivity contribution in [3.63, 3.8) is 0 Å². The van der Waals surface area contributed by atoms with Gasteiger partial charge in [0.15, 0.2) is 0 Å². The van der Waals surface area contributed by atoms with E-state index in [-0.39, 0.29) is 9.37 Å². The van der Waals surface area contributed by atoms with Crippen molar-refractivity contribution >= 4 is 26.0 Å². The molecule has 7 heteroatoms. The number of sulfonamides is 1. The van der Waals surface area contributed by atoms with Gasteiger partial charge in [0.05, 0.1) is 9.37 Å². The lowest BCUT2D eigenvalue weighted by molar-refractivity contribution is 0.263. The first-order valence-electron chi connectivity index (χ1n) is 6.96. The van der Waals surface area contributed by atoms with Gasteiger partial charge in [-0.3, -0.25) is 0 Å². The second-order valence-corrected chi connectivity index (χ2v) is 8.22. The van der Waals surface area contributed by atoms with Crippen molar-refractivity contribution in [2.24, 2.45) is 5.92 Å². The number of aryl methyl sites for hydroxylation is 1. The van der Waals surface area contributed by atoms with E-state index in [2.05, 4.69) is 21.2 Å². The molecule has 0 radical (unpaired) electrons. The van der Waals surface area contributed by atoms with Gasteiger partial charge in [-0.15, -0.1) is 0 Å². The number of nitrogens with one attached hydrogen (secondary N) is 1. The van der Waals surface area contributed by atoms with Crippen molar-refractivity contribution in [2.75, 3.05) is 26.7 Å². The second-order valence-electron chi connectivity index (χ2n) is 5.46. The fraction of sp³-hybridized carbons (Fsp3) is 0.571. The molecule has 1 saturated heterocycles. The topological polar surface area (TPSA) is 49.4 Å². The molecular formula is C14H20BrFN2O2S. The van der Waals surface area contributed by atoms with Gasteiger partial charge in [0.2, 0.25) is 10.0 Å². The Kier molecular flexibility index (Phi) is 5.40. The largest absolute Gasteiger partial charge is 0.319 e. The summed E-state index contributed by atoms with van der Waals surface area (Å²) in [5.74, 6) is -0.124. The third-order valence-electron chi connectivity index (χ3n) is 3.81. The Balaban J connectivity index is 2.31. The summed E-state index contributed by atoms with van der Waals surface area (Å²) in [5.41, 5.74) is 0.437. The van der Waals surface area contributed by atoms with E-state index in [1.807, 2.05) is 7.05 Å². The molecule has 21 heavy (non-hydrogen) atoms. The zero-order valence-electron chi connectivity index (χ0n) is 12.2. The molecule has 0 spiro atoms. The maximum Gasteiger partial charge on any atom is 0.243 e. The van der Waals surface area contributed by atoms with Crippen LogP contribution in [0.4, 0.5) is 4.39 Å². The van der Waals surface area contributed by atoms with Crippen LogP contribution in [0.5, 0.6) is 0 Å². The number of piperidine rings is 1. The summed E-state index contributed by atoms with van der Waals surface area (Å²) < 4.78 is 40.8. The van der Waals surface area contributed by atoms with Gasteiger partial charge in [0.1, 0.15) is 5.82 Å². The molecule has 0 saturated carbocycles. The summed E-state index contributed by atoms with van der Waals surface area (Å²) in [4.78, 5) is 0.181. The summed E-state index contributed by atoms with van der Waals surface area (Å²) >= 11 is 3.07. The van der Waals surface area contributed by atoms with Crippen LogP contribution in [-0.4, -0.2) is 39.4 Å². The highest BCUT2D eigenvalue weighted by Crippen LogP contribution is 2.29. The minimum Gasteiger partial charge on any atom is -0.319 e. The number of hydrogen-bond acceptors (Lipinski definition) is 3. The maximum atomic E-state index is 13.5. The van der Waals surface area contributed by atoms with Gasteiger partial charge in [-0.25, -0.2) is 12.8 Å². The molecule has 0 aliphatic carbocycles. The monoisotopic (exact) mass is 378 g/mol. The highest BCUT2D eigenvalue weighted by molar-refractivity contribution is 9.10. The third kappa shape index (κ3) is 3.64. The average molecular weight is 379 g/mol. The highest BCUT2D eigenvalue weighted by atomic mass is 79.9. The lowest BCUT2D eigenvalue weighted by Crippen LogP contribution is -2.42. The standard InChI is InChI=1S/C14H20BrFN2O2S/c1-10-6-13(16)12(15)7-14(10)21(19,20)18-5-3-4-11(9-18)8-17-2/h6-7,11,17H,3-5,8-9H2,1-2H3. The predicted molar refractivity (Wildman–Crippen MR) is 84.2 cm³/mol. The molecule has 1 aromatic carbocycles. The minimum absolute atomic E-state index is 0.176. The molecule has 1 aromatic rings. The van der Waals surface area contributed by atoms with Crippen molar-refractivity contribution in [3.8, 4) is 0 Å². The molecule has 1 aliphatic heterocycles. The first-order chi connectivity index (χ1) is 9.86. The fourth-order valence-electron chi connectivity index (χ4n) is 2.75. The van der Waals surface area contributed by atoms with Gasteiger partial charge in [-0.2, -0.15) is 4.31 Å². The van der Waals surface area contributed by atoms with E-state index in [4.69, 9.17) is 0 Å². The molecule has 1 atom stereocenters. The number of halogens is 2. The van der Waals surface area contributed by atoms with Gasteiger partial charge in [0.25, 0.3) is 0 Å². The first kappa shape index (κ1) is 16.9. The Hall–Kier alpha value is -0.500. The Morgan fingerprint density at radius 1 is 1.48 bits per heavy atom. The van der Waals surface area contributed by atoms with E-state index < -0.39 is 15.8 Å². The zero-order chi connectivity index (χ0) is 15.6. The summed E-state index contributed by atoms with van der Waals surface area (Å²) in [6.07, 6.45) is 1.88. The summed E-state index contributed by atoms with van der Waals surface area (Å²) in [6.45, 7) is 3.46. The molecule has 1 fully saturated rings. The van der Waals surface area contributed by atoms with Crippen LogP contribution in [0.15, 0.2) is 21.5 Å². The Bertz CT molecular complexity index is 620. The number of hydrogen-bond donors (Lipinski definition) is 1. The smallest absolute Gasteiger partial charge is 0.243 e. The molecule has 1 unspecified atom stereocenters. The normalized spacial score (nSPS) is 20.7. The summed E-state index contributed by atoms with van der Waals surface area (Å²) in [6, 6.07) is 2.62. The van der Waals surface area contributed by atoms with Crippen LogP contribution in [0, 0.1) is 18.7 Å². The van der Waals surface area contributed by atoms with E-state index in [9.17, 15) is 12.8 Å². The molecular weight excluding hydrogens is 359 g/mol. The van der Waals surface area contributed by atoms with Crippen molar-refractivity contribution in [3.05, 3.63) is 28.0 Å². The second kappa shape index (κ2) is 6.73. The van der Waals surface area contributed by atoms with Gasteiger partial charge in [-0.1, -0.05) is 0 Å². The van der Waals surface area contributed by atoms with Gasteiger partial charge >= 0.3 is 0 Å². The molecule has 0 bridgehead atoms. The predicted octanol–water partition coefficient (Wildman–Crippen LogP) is 2.52. The molecule has 4 nitrogen and oxygen atoms in total. The van der Waals surface area contributed by atoms with Crippen LogP contribution in [0.25, 0.3) is 0 Å². The van der Waals surface area contributed by atoms with Crippen LogP contribution in [0.2, 0.25) is 0 Å². The number of nitrogens with zero attached hydrogens (tertiary/aromatic N) is 1. The van der Waals surface area contributed by atoms with Gasteiger partial charge < -0.3 is 5.32 Å². The van der Waals surface area contributed by atoms with Crippen molar-refractivity contribution in [1.82, 2.24) is 9.62 Å². The van der Waals surface area contributed by atoms with Crippen LogP contribution in [-0.2, 0) is 10.0 Å². The Morgan fingerprint density at radius 2 is 2.19 bits per heavy atom. The van der Waals surface area contributed by atoms with E-state index in [0.717, 1.165) is 19.4 Å². The molecule has 2 rings (SSSR count). The van der Waals surface area contributed by atoms with Crippen molar-refractivity contribution in [1.29, 1.82) is 0 Å². The van der Waals surface area contributed by atoms with Crippen LogP contribution >= 0.6 is 15.9 Å². The van der Waals surface area contributed by atoms with Crippen molar-refractivity contribution < 1.29 is 12.8 Å². The molecule has 1 heterocycles. The van der Waals surface area contributed by atoms with Crippen LogP contribution in [0.1, 0.15) is 18.4 Å². The van der Waals surface area contributed by atoms with Gasteiger partial charge in [0, 0.05) is 13.1 Å². The quantitative estimate of drug-likeness (QED) is 0.875. The summed E-state index contributed by atoms with van der Waals surface area (Å²) in [7, 11) is -1.70. The number of benzene rings is 1. The van der Waals surface area contributed by atoms with E-state index in [1.54, 1.807) is 6.92 Å². The summed E-state index contributed by atoms with van der Waals surface area (Å²) in [5, 5.41) is 3.10. The molecule has 0 aromatic heterocycles. The molecule has 0 amide bonds. The first-order valence-corrected chi connectivity index (χ1v) is 9.20. The molecule has 1 aliphatic rings. The lowest BCUT2D eigenvalue weighted by Gasteiger charge is -2.32.